The minimum Gasteiger partial charge on any atom is -0.494 e. The average Bonchev–Trinajstić information content (AvgIpc) is 3.26. The quantitative estimate of drug-likeness (QED) is 0.403. The number of hydrogen-bond donors (Lipinski definition) is 0. The molecule has 0 radical (unpaired) electrons. The molecule has 0 saturated carbocycles. The fraction of sp³-hybridized carbons (Fsp3) is 0.269. The van der Waals surface area contributed by atoms with E-state index in [0.717, 1.165) is 54.2 Å². The monoisotopic (exact) mass is 432 g/mol. The number of hydrazone groups is 1. The topological polar surface area (TPSA) is 34.1 Å². The van der Waals surface area contributed by atoms with E-state index in [0.29, 0.717) is 5.02 Å². The largest absolute Gasteiger partial charge is 0.494 e. The summed E-state index contributed by atoms with van der Waals surface area (Å²) in [6, 6.07) is 24.5. The molecule has 2 atom stereocenters. The van der Waals surface area contributed by atoms with Crippen LogP contribution in [0.4, 0.5) is 0 Å². The number of hydrogen-bond acceptors (Lipinski definition) is 4. The number of rotatable bonds is 6. The zero-order valence-corrected chi connectivity index (χ0v) is 18.3. The number of para-hydroxylation sites is 1. The lowest BCUT2D eigenvalue weighted by molar-refractivity contribution is -0.0190. The van der Waals surface area contributed by atoms with Crippen molar-refractivity contribution >= 4 is 17.3 Å². The predicted molar refractivity (Wildman–Crippen MR) is 124 cm³/mol. The van der Waals surface area contributed by atoms with Crippen molar-refractivity contribution in [1.29, 1.82) is 0 Å². The molecule has 5 rings (SSSR count). The van der Waals surface area contributed by atoms with Gasteiger partial charge in [0, 0.05) is 22.6 Å². The molecule has 31 heavy (non-hydrogen) atoms. The van der Waals surface area contributed by atoms with Gasteiger partial charge >= 0.3 is 0 Å². The lowest BCUT2D eigenvalue weighted by Gasteiger charge is -2.38. The van der Waals surface area contributed by atoms with Crippen LogP contribution < -0.4 is 9.47 Å². The van der Waals surface area contributed by atoms with Crippen molar-refractivity contribution in [2.24, 2.45) is 5.10 Å². The molecule has 158 valence electrons. The van der Waals surface area contributed by atoms with E-state index >= 15 is 0 Å². The fourth-order valence-corrected chi connectivity index (χ4v) is 4.26. The molecule has 3 aromatic carbocycles. The molecular formula is C26H25ClN2O2. The molecule has 0 N–H and O–H groups in total. The summed E-state index contributed by atoms with van der Waals surface area (Å²) in [5, 5.41) is 7.82. The van der Waals surface area contributed by atoms with Crippen LogP contribution in [0.5, 0.6) is 11.5 Å². The Bertz CT molecular complexity index is 1080. The highest BCUT2D eigenvalue weighted by atomic mass is 35.5. The van der Waals surface area contributed by atoms with Crippen molar-refractivity contribution in [2.75, 3.05) is 6.61 Å². The molecular weight excluding hydrogens is 408 g/mol. The minimum atomic E-state index is -0.286. The number of halogens is 1. The van der Waals surface area contributed by atoms with Crippen LogP contribution in [0.1, 0.15) is 55.1 Å². The van der Waals surface area contributed by atoms with Gasteiger partial charge in [-0.05, 0) is 54.4 Å². The smallest absolute Gasteiger partial charge is 0.213 e. The minimum absolute atomic E-state index is 0.140. The van der Waals surface area contributed by atoms with E-state index < -0.39 is 0 Å². The molecule has 5 heteroatoms. The van der Waals surface area contributed by atoms with Gasteiger partial charge in [-0.3, -0.25) is 0 Å². The number of ether oxygens (including phenoxy) is 2. The Morgan fingerprint density at radius 1 is 1.03 bits per heavy atom. The first-order valence-electron chi connectivity index (χ1n) is 10.8. The van der Waals surface area contributed by atoms with Crippen molar-refractivity contribution in [1.82, 2.24) is 5.01 Å². The van der Waals surface area contributed by atoms with Crippen LogP contribution in [0.3, 0.4) is 0 Å². The fourth-order valence-electron chi connectivity index (χ4n) is 4.13. The summed E-state index contributed by atoms with van der Waals surface area (Å²) in [5.74, 6) is 1.82. The third-order valence-corrected chi connectivity index (χ3v) is 6.06. The standard InChI is InChI=1S/C26H25ClN2O2/c1-2-3-16-30-21-14-10-18(11-15-21)23-17-24-22-6-4-5-7-25(22)31-26(29(24)28-23)19-8-12-20(27)13-9-19/h4-15,24,26H,2-3,16-17H2,1H3/t24-,26+/m0/s1. The van der Waals surface area contributed by atoms with E-state index in [2.05, 4.69) is 36.2 Å². The Morgan fingerprint density at radius 2 is 1.81 bits per heavy atom. The molecule has 2 heterocycles. The summed E-state index contributed by atoms with van der Waals surface area (Å²) in [5.41, 5.74) is 4.38. The van der Waals surface area contributed by atoms with Crippen molar-refractivity contribution < 1.29 is 9.47 Å². The molecule has 0 fully saturated rings. The van der Waals surface area contributed by atoms with Crippen molar-refractivity contribution in [2.45, 2.75) is 38.5 Å². The van der Waals surface area contributed by atoms with Gasteiger partial charge in [-0.2, -0.15) is 5.10 Å². The lowest BCUT2D eigenvalue weighted by atomic mass is 9.96. The molecule has 0 bridgehead atoms. The summed E-state index contributed by atoms with van der Waals surface area (Å²) in [6.45, 7) is 2.92. The van der Waals surface area contributed by atoms with Crippen LogP contribution in [-0.4, -0.2) is 17.3 Å². The van der Waals surface area contributed by atoms with Crippen LogP contribution >= 0.6 is 11.6 Å². The maximum Gasteiger partial charge on any atom is 0.213 e. The molecule has 2 aliphatic rings. The number of benzene rings is 3. The van der Waals surface area contributed by atoms with Gasteiger partial charge in [-0.25, -0.2) is 5.01 Å². The van der Waals surface area contributed by atoms with Crippen LogP contribution in [0.2, 0.25) is 5.02 Å². The molecule has 4 nitrogen and oxygen atoms in total. The Kier molecular flexibility index (Phi) is 5.56. The zero-order chi connectivity index (χ0) is 21.2. The van der Waals surface area contributed by atoms with E-state index in [1.165, 1.54) is 5.56 Å². The molecule has 0 aromatic heterocycles. The molecule has 0 aliphatic carbocycles. The normalized spacial score (nSPS) is 19.3. The van der Waals surface area contributed by atoms with Gasteiger partial charge < -0.3 is 9.47 Å². The first kappa shape index (κ1) is 20.0. The number of nitrogens with zero attached hydrogens (tertiary/aromatic N) is 2. The molecule has 2 aliphatic heterocycles. The molecule has 0 unspecified atom stereocenters. The van der Waals surface area contributed by atoms with Gasteiger partial charge in [0.25, 0.3) is 0 Å². The van der Waals surface area contributed by atoms with E-state index in [4.69, 9.17) is 26.2 Å². The van der Waals surface area contributed by atoms with E-state index in [1.807, 2.05) is 48.5 Å². The number of fused-ring (bicyclic) bond motifs is 3. The second-order valence-electron chi connectivity index (χ2n) is 7.93. The third kappa shape index (κ3) is 4.00. The molecule has 0 spiro atoms. The average molecular weight is 433 g/mol. The first-order valence-corrected chi connectivity index (χ1v) is 11.2. The second kappa shape index (κ2) is 8.64. The van der Waals surface area contributed by atoms with Crippen molar-refractivity contribution in [3.05, 3.63) is 94.5 Å². The van der Waals surface area contributed by atoms with E-state index in [1.54, 1.807) is 0 Å². The van der Waals surface area contributed by atoms with Gasteiger partial charge in [0.05, 0.1) is 18.4 Å². The Balaban J connectivity index is 1.45. The van der Waals surface area contributed by atoms with Gasteiger partial charge in [0.2, 0.25) is 6.23 Å². The summed E-state index contributed by atoms with van der Waals surface area (Å²) in [7, 11) is 0. The second-order valence-corrected chi connectivity index (χ2v) is 8.37. The third-order valence-electron chi connectivity index (χ3n) is 5.81. The van der Waals surface area contributed by atoms with Crippen LogP contribution in [0.15, 0.2) is 77.9 Å². The van der Waals surface area contributed by atoms with E-state index in [-0.39, 0.29) is 12.3 Å². The molecule has 0 saturated heterocycles. The van der Waals surface area contributed by atoms with Crippen LogP contribution in [-0.2, 0) is 0 Å². The zero-order valence-electron chi connectivity index (χ0n) is 17.5. The lowest BCUT2D eigenvalue weighted by Crippen LogP contribution is -2.33. The highest BCUT2D eigenvalue weighted by Gasteiger charge is 2.40. The van der Waals surface area contributed by atoms with Crippen LogP contribution in [0.25, 0.3) is 0 Å². The van der Waals surface area contributed by atoms with Gasteiger partial charge in [-0.15, -0.1) is 0 Å². The van der Waals surface area contributed by atoms with Gasteiger partial charge in [0.15, 0.2) is 0 Å². The first-order chi connectivity index (χ1) is 15.2. The number of unbranched alkanes of at least 4 members (excludes halogenated alkanes) is 1. The van der Waals surface area contributed by atoms with Crippen molar-refractivity contribution in [3.8, 4) is 11.5 Å². The molecule has 3 aromatic rings. The summed E-state index contributed by atoms with van der Waals surface area (Å²) >= 11 is 6.11. The SMILES string of the molecule is CCCCOc1ccc(C2=NN3[C@@H](c4ccc(Cl)cc4)Oc4ccccc4[C@@H]3C2)cc1. The van der Waals surface area contributed by atoms with Crippen LogP contribution in [0, 0.1) is 0 Å². The van der Waals surface area contributed by atoms with Crippen molar-refractivity contribution in [3.63, 3.8) is 0 Å². The summed E-state index contributed by atoms with van der Waals surface area (Å²) in [6.07, 6.45) is 2.74. The maximum atomic E-state index is 6.39. The highest BCUT2D eigenvalue weighted by molar-refractivity contribution is 6.30. The molecule has 0 amide bonds. The Labute approximate surface area is 188 Å². The Morgan fingerprint density at radius 3 is 2.58 bits per heavy atom. The van der Waals surface area contributed by atoms with Gasteiger partial charge in [-0.1, -0.05) is 55.3 Å². The highest BCUT2D eigenvalue weighted by Crippen LogP contribution is 2.47. The summed E-state index contributed by atoms with van der Waals surface area (Å²) in [4.78, 5) is 0. The van der Waals surface area contributed by atoms with Gasteiger partial charge in [0.1, 0.15) is 11.5 Å². The Hall–Kier alpha value is -2.98. The predicted octanol–water partition coefficient (Wildman–Crippen LogP) is 6.76. The summed E-state index contributed by atoms with van der Waals surface area (Å²) < 4.78 is 12.2. The maximum absolute atomic E-state index is 6.39. The van der Waals surface area contributed by atoms with E-state index in [9.17, 15) is 0 Å².